The number of carbonyl (C=O) groups excluding carboxylic acids is 1. The van der Waals surface area contributed by atoms with Crippen LogP contribution in [0.5, 0.6) is 0 Å². The molecule has 0 saturated carbocycles. The molecule has 0 radical (unpaired) electrons. The van der Waals surface area contributed by atoms with Crippen molar-refractivity contribution in [3.8, 4) is 0 Å². The van der Waals surface area contributed by atoms with Crippen molar-refractivity contribution < 1.29 is 9.53 Å². The van der Waals surface area contributed by atoms with E-state index in [-0.39, 0.29) is 17.6 Å². The monoisotopic (exact) mass is 401 g/mol. The highest BCUT2D eigenvalue weighted by Crippen LogP contribution is 2.15. The number of hydrogen-bond donors (Lipinski definition) is 2. The summed E-state index contributed by atoms with van der Waals surface area (Å²) in [7, 11) is 0. The lowest BCUT2D eigenvalue weighted by Gasteiger charge is -2.11. The van der Waals surface area contributed by atoms with Gasteiger partial charge in [-0.05, 0) is 54.2 Å². The van der Waals surface area contributed by atoms with Crippen molar-refractivity contribution in [2.45, 2.75) is 25.5 Å². The molecule has 1 fully saturated rings. The first kappa shape index (κ1) is 18.1. The summed E-state index contributed by atoms with van der Waals surface area (Å²) >= 11 is 6.72. The molecule has 140 valence electrons. The summed E-state index contributed by atoms with van der Waals surface area (Å²) in [4.78, 5) is 28.0. The number of hydrogen-bond acceptors (Lipinski definition) is 5. The third-order valence-corrected chi connectivity index (χ3v) is 5.89. The molecule has 1 aliphatic rings. The molecule has 1 aromatic carbocycles. The number of amides is 1. The Bertz CT molecular complexity index is 1080. The average Bonchev–Trinajstić information content (AvgIpc) is 3.35. The number of fused-ring (bicyclic) bond motifs is 1. The van der Waals surface area contributed by atoms with Gasteiger partial charge in [0.1, 0.15) is 4.70 Å². The quantitative estimate of drug-likeness (QED) is 0.644. The fourth-order valence-electron chi connectivity index (χ4n) is 3.17. The lowest BCUT2D eigenvalue weighted by atomic mass is 10.1. The van der Waals surface area contributed by atoms with Crippen LogP contribution in [0.25, 0.3) is 10.2 Å². The molecule has 1 unspecified atom stereocenters. The molecule has 0 bridgehead atoms. The predicted molar refractivity (Wildman–Crippen MR) is 108 cm³/mol. The third-order valence-electron chi connectivity index (χ3n) is 4.66. The maximum absolute atomic E-state index is 12.6. The van der Waals surface area contributed by atoms with Gasteiger partial charge in [-0.25, -0.2) is 0 Å². The number of rotatable bonds is 5. The highest BCUT2D eigenvalue weighted by molar-refractivity contribution is 7.71. The number of aromatic amines is 1. The van der Waals surface area contributed by atoms with E-state index in [1.54, 1.807) is 16.7 Å². The Balaban J connectivity index is 1.47. The van der Waals surface area contributed by atoms with Crippen LogP contribution in [0.3, 0.4) is 0 Å². The SMILES string of the molecule is O=C(NCC1CCCO1)c1ccc(Cn2c(=S)[nH]c3ccsc3c2=O)cc1. The summed E-state index contributed by atoms with van der Waals surface area (Å²) in [5.74, 6) is -0.119. The molecule has 8 heteroatoms. The Hall–Kier alpha value is -2.29. The van der Waals surface area contributed by atoms with Crippen LogP contribution >= 0.6 is 23.6 Å². The van der Waals surface area contributed by atoms with Gasteiger partial charge in [-0.15, -0.1) is 11.3 Å². The largest absolute Gasteiger partial charge is 0.376 e. The van der Waals surface area contributed by atoms with Crippen molar-refractivity contribution in [1.29, 1.82) is 0 Å². The molecule has 3 heterocycles. The number of thiophene rings is 1. The minimum atomic E-state index is -0.119. The maximum Gasteiger partial charge on any atom is 0.272 e. The Morgan fingerprint density at radius 1 is 1.33 bits per heavy atom. The molecule has 3 aromatic rings. The fraction of sp³-hybridized carbons (Fsp3) is 0.316. The molecule has 0 spiro atoms. The molecule has 6 nitrogen and oxygen atoms in total. The zero-order valence-corrected chi connectivity index (χ0v) is 16.2. The van der Waals surface area contributed by atoms with E-state index in [4.69, 9.17) is 17.0 Å². The maximum atomic E-state index is 12.6. The summed E-state index contributed by atoms with van der Waals surface area (Å²) in [5, 5.41) is 4.77. The second-order valence-corrected chi connectivity index (χ2v) is 7.83. The summed E-state index contributed by atoms with van der Waals surface area (Å²) in [6.45, 7) is 1.67. The van der Waals surface area contributed by atoms with Crippen molar-refractivity contribution in [2.24, 2.45) is 0 Å². The van der Waals surface area contributed by atoms with Crippen LogP contribution in [0.15, 0.2) is 40.5 Å². The average molecular weight is 402 g/mol. The Morgan fingerprint density at radius 2 is 2.15 bits per heavy atom. The highest BCUT2D eigenvalue weighted by atomic mass is 32.1. The van der Waals surface area contributed by atoms with Gasteiger partial charge in [-0.2, -0.15) is 0 Å². The van der Waals surface area contributed by atoms with Gasteiger partial charge in [-0.1, -0.05) is 12.1 Å². The predicted octanol–water partition coefficient (Wildman–Crippen LogP) is 3.08. The van der Waals surface area contributed by atoms with Gasteiger partial charge in [0.25, 0.3) is 11.5 Å². The molecule has 27 heavy (non-hydrogen) atoms. The van der Waals surface area contributed by atoms with Gasteiger partial charge < -0.3 is 15.0 Å². The molecule has 0 aliphatic carbocycles. The van der Waals surface area contributed by atoms with Crippen LogP contribution in [0.2, 0.25) is 0 Å². The Labute approximate surface area is 164 Å². The van der Waals surface area contributed by atoms with Gasteiger partial charge >= 0.3 is 0 Å². The smallest absolute Gasteiger partial charge is 0.272 e. The molecule has 4 rings (SSSR count). The van der Waals surface area contributed by atoms with Crippen LogP contribution in [0.1, 0.15) is 28.8 Å². The van der Waals surface area contributed by atoms with Crippen LogP contribution in [-0.2, 0) is 11.3 Å². The molecular weight excluding hydrogens is 382 g/mol. The first-order chi connectivity index (χ1) is 13.1. The third kappa shape index (κ3) is 3.87. The second kappa shape index (κ2) is 7.75. The second-order valence-electron chi connectivity index (χ2n) is 6.53. The van der Waals surface area contributed by atoms with E-state index in [2.05, 4.69) is 10.3 Å². The zero-order chi connectivity index (χ0) is 18.8. The summed E-state index contributed by atoms with van der Waals surface area (Å²) in [5.41, 5.74) is 2.16. The van der Waals surface area contributed by atoms with E-state index in [0.29, 0.717) is 28.1 Å². The molecule has 1 atom stereocenters. The lowest BCUT2D eigenvalue weighted by Crippen LogP contribution is -2.31. The number of nitrogens with one attached hydrogen (secondary N) is 2. The van der Waals surface area contributed by atoms with Crippen LogP contribution in [0, 0.1) is 4.77 Å². The van der Waals surface area contributed by atoms with Crippen molar-refractivity contribution >= 4 is 39.7 Å². The van der Waals surface area contributed by atoms with Gasteiger partial charge in [0.2, 0.25) is 0 Å². The summed E-state index contributed by atoms with van der Waals surface area (Å²) in [6.07, 6.45) is 2.16. The standard InChI is InChI=1S/C19H19N3O3S2/c23-17(20-10-14-2-1-8-25-14)13-5-3-12(4-6-13)11-22-18(24)16-15(7-9-27-16)21-19(22)26/h3-7,9,14H,1-2,8,10-11H2,(H,20,23)(H,21,26). The Morgan fingerprint density at radius 3 is 2.89 bits per heavy atom. The Kier molecular flexibility index (Phi) is 5.20. The van der Waals surface area contributed by atoms with Crippen LogP contribution < -0.4 is 10.9 Å². The van der Waals surface area contributed by atoms with Crippen molar-refractivity contribution in [1.82, 2.24) is 14.9 Å². The first-order valence-electron chi connectivity index (χ1n) is 8.81. The lowest BCUT2D eigenvalue weighted by molar-refractivity contribution is 0.0858. The number of H-pyrrole nitrogens is 1. The van der Waals surface area contributed by atoms with Crippen LogP contribution in [0.4, 0.5) is 0 Å². The number of aromatic nitrogens is 2. The number of nitrogens with zero attached hydrogens (tertiary/aromatic N) is 1. The van der Waals surface area contributed by atoms with Gasteiger partial charge in [0.15, 0.2) is 4.77 Å². The number of carbonyl (C=O) groups is 1. The minimum Gasteiger partial charge on any atom is -0.376 e. The molecule has 2 N–H and O–H groups in total. The normalized spacial score (nSPS) is 16.7. The summed E-state index contributed by atoms with van der Waals surface area (Å²) < 4.78 is 8.11. The fourth-order valence-corrected chi connectivity index (χ4v) is 4.23. The van der Waals surface area contributed by atoms with E-state index in [1.807, 2.05) is 23.6 Å². The molecule has 1 amide bonds. The minimum absolute atomic E-state index is 0.0952. The molecule has 1 aliphatic heterocycles. The first-order valence-corrected chi connectivity index (χ1v) is 10.1. The van der Waals surface area contributed by atoms with Gasteiger partial charge in [-0.3, -0.25) is 14.2 Å². The van der Waals surface area contributed by atoms with Crippen molar-refractivity contribution in [2.75, 3.05) is 13.2 Å². The van der Waals surface area contributed by atoms with E-state index >= 15 is 0 Å². The summed E-state index contributed by atoms with van der Waals surface area (Å²) in [6, 6.07) is 9.08. The topological polar surface area (TPSA) is 76.1 Å². The van der Waals surface area contributed by atoms with E-state index < -0.39 is 0 Å². The molecular formula is C19H19N3O3S2. The molecule has 2 aromatic heterocycles. The van der Waals surface area contributed by atoms with Crippen LogP contribution in [-0.4, -0.2) is 34.7 Å². The van der Waals surface area contributed by atoms with Crippen molar-refractivity contribution in [3.05, 3.63) is 62.0 Å². The van der Waals surface area contributed by atoms with Gasteiger partial charge in [0.05, 0.1) is 18.2 Å². The van der Waals surface area contributed by atoms with Gasteiger partial charge in [0, 0.05) is 18.7 Å². The van der Waals surface area contributed by atoms with Crippen molar-refractivity contribution in [3.63, 3.8) is 0 Å². The van der Waals surface area contributed by atoms with E-state index in [0.717, 1.165) is 30.5 Å². The van der Waals surface area contributed by atoms with E-state index in [9.17, 15) is 9.59 Å². The number of benzene rings is 1. The molecule has 1 saturated heterocycles. The zero-order valence-electron chi connectivity index (χ0n) is 14.6. The number of ether oxygens (including phenoxy) is 1. The highest BCUT2D eigenvalue weighted by Gasteiger charge is 2.16. The van der Waals surface area contributed by atoms with E-state index in [1.165, 1.54) is 11.3 Å².